The average Bonchev–Trinajstić information content (AvgIpc) is 2.63. The van der Waals surface area contributed by atoms with E-state index in [1.807, 2.05) is 13.8 Å². The molecule has 0 aromatic rings. The van der Waals surface area contributed by atoms with Gasteiger partial charge in [-0.3, -0.25) is 4.99 Å². The summed E-state index contributed by atoms with van der Waals surface area (Å²) in [6, 6.07) is 0. The Labute approximate surface area is 181 Å². The summed E-state index contributed by atoms with van der Waals surface area (Å²) in [5.74, 6) is 0.656. The second kappa shape index (κ2) is 16.8. The van der Waals surface area contributed by atoms with Crippen LogP contribution in [0.3, 0.4) is 0 Å². The van der Waals surface area contributed by atoms with E-state index in [0.717, 1.165) is 58.5 Å². The lowest BCUT2D eigenvalue weighted by molar-refractivity contribution is 0.0200. The molecule has 27 heavy (non-hydrogen) atoms. The van der Waals surface area contributed by atoms with Gasteiger partial charge in [0.1, 0.15) is 0 Å². The summed E-state index contributed by atoms with van der Waals surface area (Å²) in [6.45, 7) is 8.27. The molecule has 1 aliphatic heterocycles. The third kappa shape index (κ3) is 14.5. The van der Waals surface area contributed by atoms with Crippen molar-refractivity contribution < 1.29 is 17.9 Å². The molecule has 0 bridgehead atoms. The molecule has 1 heterocycles. The molecule has 10 heteroatoms. The molecule has 162 valence electrons. The number of guanidine groups is 1. The Kier molecular flexibility index (Phi) is 16.6. The Morgan fingerprint density at radius 1 is 1.22 bits per heavy atom. The van der Waals surface area contributed by atoms with Crippen molar-refractivity contribution in [3.63, 3.8) is 0 Å². The van der Waals surface area contributed by atoms with Crippen molar-refractivity contribution in [2.75, 3.05) is 51.8 Å². The molecule has 0 saturated carbocycles. The standard InChI is InChI=1S/C17H36N4O4S.HI/c1-3-18-17(19-10-6-8-12-24-4-2)20-11-14-26(22,23)21-15-16-9-5-7-13-25-16;/h16,21H,3-15H2,1-2H3,(H2,18,19,20);1H. The smallest absolute Gasteiger partial charge is 0.213 e. The summed E-state index contributed by atoms with van der Waals surface area (Å²) >= 11 is 0. The number of hydrogen-bond donors (Lipinski definition) is 3. The highest BCUT2D eigenvalue weighted by molar-refractivity contribution is 14.0. The maximum Gasteiger partial charge on any atom is 0.213 e. The first-order chi connectivity index (χ1) is 12.6. The van der Waals surface area contributed by atoms with Gasteiger partial charge in [0.15, 0.2) is 5.96 Å². The Morgan fingerprint density at radius 3 is 2.70 bits per heavy atom. The molecule has 1 atom stereocenters. The highest BCUT2D eigenvalue weighted by Crippen LogP contribution is 2.11. The molecule has 0 aromatic heterocycles. The number of unbranched alkanes of at least 4 members (excludes halogenated alkanes) is 1. The van der Waals surface area contributed by atoms with Crippen LogP contribution in [0.15, 0.2) is 4.99 Å². The number of rotatable bonds is 13. The third-order valence-electron chi connectivity index (χ3n) is 3.98. The van der Waals surface area contributed by atoms with Crippen LogP contribution in [0.25, 0.3) is 0 Å². The van der Waals surface area contributed by atoms with Gasteiger partial charge in [-0.05, 0) is 46.0 Å². The minimum atomic E-state index is -3.32. The molecule has 1 unspecified atom stereocenters. The summed E-state index contributed by atoms with van der Waals surface area (Å²) in [6.07, 6.45) is 4.99. The van der Waals surface area contributed by atoms with Crippen molar-refractivity contribution in [2.24, 2.45) is 4.99 Å². The van der Waals surface area contributed by atoms with Gasteiger partial charge < -0.3 is 20.1 Å². The molecular weight excluding hydrogens is 483 g/mol. The molecule has 0 radical (unpaired) electrons. The van der Waals surface area contributed by atoms with E-state index < -0.39 is 10.0 Å². The Morgan fingerprint density at radius 2 is 2.04 bits per heavy atom. The average molecular weight is 520 g/mol. The van der Waals surface area contributed by atoms with Gasteiger partial charge in [-0.25, -0.2) is 13.1 Å². The van der Waals surface area contributed by atoms with E-state index in [0.29, 0.717) is 25.6 Å². The van der Waals surface area contributed by atoms with Crippen molar-refractivity contribution in [1.82, 2.24) is 15.4 Å². The quantitative estimate of drug-likeness (QED) is 0.147. The first kappa shape index (κ1) is 26.8. The number of ether oxygens (including phenoxy) is 2. The van der Waals surface area contributed by atoms with Gasteiger partial charge in [-0.15, -0.1) is 24.0 Å². The van der Waals surface area contributed by atoms with E-state index in [-0.39, 0.29) is 35.8 Å². The minimum Gasteiger partial charge on any atom is -0.382 e. The van der Waals surface area contributed by atoms with Crippen LogP contribution in [-0.2, 0) is 19.5 Å². The maximum absolute atomic E-state index is 12.1. The summed E-state index contributed by atoms with van der Waals surface area (Å²) in [7, 11) is -3.32. The van der Waals surface area contributed by atoms with Crippen LogP contribution in [-0.4, -0.2) is 72.2 Å². The van der Waals surface area contributed by atoms with E-state index in [9.17, 15) is 8.42 Å². The van der Waals surface area contributed by atoms with Crippen molar-refractivity contribution in [2.45, 2.75) is 52.1 Å². The molecule has 3 N–H and O–H groups in total. The van der Waals surface area contributed by atoms with Crippen LogP contribution in [0.1, 0.15) is 46.0 Å². The van der Waals surface area contributed by atoms with Gasteiger partial charge in [-0.2, -0.15) is 0 Å². The molecule has 0 aliphatic carbocycles. The molecule has 0 aromatic carbocycles. The number of halogens is 1. The SMILES string of the molecule is CCNC(=NCCCCOCC)NCCS(=O)(=O)NCC1CCCCO1.I. The summed E-state index contributed by atoms with van der Waals surface area (Å²) in [5.41, 5.74) is 0. The van der Waals surface area contributed by atoms with E-state index in [1.165, 1.54) is 0 Å². The number of nitrogens with zero attached hydrogens (tertiary/aromatic N) is 1. The molecular formula is C17H37IN4O4S. The van der Waals surface area contributed by atoms with E-state index in [1.54, 1.807) is 0 Å². The highest BCUT2D eigenvalue weighted by Gasteiger charge is 2.17. The molecule has 1 rings (SSSR count). The molecule has 8 nitrogen and oxygen atoms in total. The number of aliphatic imine (C=N–C) groups is 1. The van der Waals surface area contributed by atoms with Gasteiger partial charge in [0.25, 0.3) is 0 Å². The first-order valence-corrected chi connectivity index (χ1v) is 11.4. The Hall–Kier alpha value is -0.170. The summed E-state index contributed by atoms with van der Waals surface area (Å²) < 4.78 is 37.7. The van der Waals surface area contributed by atoms with Gasteiger partial charge in [0, 0.05) is 46.0 Å². The van der Waals surface area contributed by atoms with Crippen molar-refractivity contribution >= 4 is 40.0 Å². The second-order valence-electron chi connectivity index (χ2n) is 6.25. The van der Waals surface area contributed by atoms with Gasteiger partial charge >= 0.3 is 0 Å². The van der Waals surface area contributed by atoms with Crippen molar-refractivity contribution in [3.8, 4) is 0 Å². The van der Waals surface area contributed by atoms with Crippen LogP contribution >= 0.6 is 24.0 Å². The van der Waals surface area contributed by atoms with Crippen molar-refractivity contribution in [3.05, 3.63) is 0 Å². The fourth-order valence-electron chi connectivity index (χ4n) is 2.56. The van der Waals surface area contributed by atoms with Crippen LogP contribution < -0.4 is 15.4 Å². The maximum atomic E-state index is 12.1. The zero-order valence-electron chi connectivity index (χ0n) is 16.7. The number of hydrogen-bond acceptors (Lipinski definition) is 5. The third-order valence-corrected chi connectivity index (χ3v) is 5.33. The number of nitrogens with one attached hydrogen (secondary N) is 3. The van der Waals surface area contributed by atoms with Crippen LogP contribution in [0.5, 0.6) is 0 Å². The highest BCUT2D eigenvalue weighted by atomic mass is 127. The fraction of sp³-hybridized carbons (Fsp3) is 0.941. The van der Waals surface area contributed by atoms with Gasteiger partial charge in [-0.1, -0.05) is 0 Å². The predicted octanol–water partition coefficient (Wildman–Crippen LogP) is 1.46. The van der Waals surface area contributed by atoms with E-state index in [2.05, 4.69) is 20.3 Å². The van der Waals surface area contributed by atoms with E-state index in [4.69, 9.17) is 9.47 Å². The lowest BCUT2D eigenvalue weighted by Crippen LogP contribution is -2.42. The molecule has 0 spiro atoms. The predicted molar refractivity (Wildman–Crippen MR) is 121 cm³/mol. The topological polar surface area (TPSA) is 101 Å². The van der Waals surface area contributed by atoms with Crippen LogP contribution in [0.2, 0.25) is 0 Å². The summed E-state index contributed by atoms with van der Waals surface area (Å²) in [4.78, 5) is 4.45. The minimum absolute atomic E-state index is 0. The zero-order valence-corrected chi connectivity index (χ0v) is 19.8. The van der Waals surface area contributed by atoms with Gasteiger partial charge in [0.05, 0.1) is 11.9 Å². The lowest BCUT2D eigenvalue weighted by Gasteiger charge is -2.22. The zero-order chi connectivity index (χ0) is 19.1. The van der Waals surface area contributed by atoms with Crippen LogP contribution in [0, 0.1) is 0 Å². The first-order valence-electron chi connectivity index (χ1n) is 9.76. The molecule has 1 fully saturated rings. The van der Waals surface area contributed by atoms with Gasteiger partial charge in [0.2, 0.25) is 10.0 Å². The normalized spacial score (nSPS) is 18.0. The largest absolute Gasteiger partial charge is 0.382 e. The van der Waals surface area contributed by atoms with E-state index >= 15 is 0 Å². The molecule has 1 saturated heterocycles. The summed E-state index contributed by atoms with van der Waals surface area (Å²) in [5, 5.41) is 6.20. The monoisotopic (exact) mass is 520 g/mol. The second-order valence-corrected chi connectivity index (χ2v) is 8.17. The Bertz CT molecular complexity index is 485. The molecule has 0 amide bonds. The van der Waals surface area contributed by atoms with Crippen LogP contribution in [0.4, 0.5) is 0 Å². The fourth-order valence-corrected chi connectivity index (χ4v) is 3.51. The lowest BCUT2D eigenvalue weighted by atomic mass is 10.1. The molecule has 1 aliphatic rings. The Balaban J connectivity index is 0.00000676. The number of sulfonamides is 1. The van der Waals surface area contributed by atoms with Crippen molar-refractivity contribution in [1.29, 1.82) is 0 Å².